The number of benzene rings is 1. The zero-order valence-electron chi connectivity index (χ0n) is 19.3. The first-order chi connectivity index (χ1) is 18.4. The molecule has 39 heavy (non-hydrogen) atoms. The third-order valence-corrected chi connectivity index (χ3v) is 5.71. The van der Waals surface area contributed by atoms with Crippen LogP contribution in [0.3, 0.4) is 0 Å². The zero-order valence-corrected chi connectivity index (χ0v) is 19.3. The fourth-order valence-corrected chi connectivity index (χ4v) is 3.96. The Balaban J connectivity index is 1.41. The van der Waals surface area contributed by atoms with Gasteiger partial charge in [0.25, 0.3) is 11.5 Å². The molecular formula is C24H14F6N6O3. The summed E-state index contributed by atoms with van der Waals surface area (Å²) in [6.07, 6.45) is -1.11. The molecule has 0 aliphatic rings. The van der Waals surface area contributed by atoms with Gasteiger partial charge >= 0.3 is 6.18 Å². The predicted octanol–water partition coefficient (Wildman–Crippen LogP) is 3.59. The molecule has 0 atom stereocenters. The molecule has 0 spiro atoms. The van der Waals surface area contributed by atoms with Crippen LogP contribution in [0.15, 0.2) is 47.7 Å². The maximum absolute atomic E-state index is 14.1. The smallest absolute Gasteiger partial charge is 0.356 e. The molecule has 1 aromatic carbocycles. The molecule has 9 nitrogen and oxygen atoms in total. The van der Waals surface area contributed by atoms with Crippen LogP contribution >= 0.6 is 0 Å². The average Bonchev–Trinajstić information content (AvgIpc) is 3.46. The first kappa shape index (κ1) is 25.7. The van der Waals surface area contributed by atoms with Crippen LogP contribution in [-0.2, 0) is 6.54 Å². The van der Waals surface area contributed by atoms with Gasteiger partial charge < -0.3 is 19.9 Å². The Labute approximate surface area is 212 Å². The van der Waals surface area contributed by atoms with E-state index in [9.17, 15) is 40.7 Å². The van der Waals surface area contributed by atoms with Gasteiger partial charge in [-0.15, -0.1) is 0 Å². The van der Waals surface area contributed by atoms with Crippen molar-refractivity contribution in [3.63, 3.8) is 0 Å². The van der Waals surface area contributed by atoms with E-state index in [0.29, 0.717) is 12.1 Å². The fraction of sp³-hybridized carbons (Fsp3) is 0.125. The number of fused-ring (bicyclic) bond motifs is 2. The van der Waals surface area contributed by atoms with Gasteiger partial charge in [0.1, 0.15) is 35.3 Å². The number of amides is 1. The van der Waals surface area contributed by atoms with E-state index in [0.717, 1.165) is 12.4 Å². The van der Waals surface area contributed by atoms with Crippen LogP contribution in [0.1, 0.15) is 32.1 Å². The lowest BCUT2D eigenvalue weighted by Gasteiger charge is -2.07. The molecule has 0 saturated heterocycles. The summed E-state index contributed by atoms with van der Waals surface area (Å²) in [5.41, 5.74) is -1.62. The molecule has 0 saturated carbocycles. The van der Waals surface area contributed by atoms with E-state index < -0.39 is 53.0 Å². The van der Waals surface area contributed by atoms with Gasteiger partial charge in [-0.2, -0.15) is 13.2 Å². The van der Waals surface area contributed by atoms with Crippen molar-refractivity contribution in [2.75, 3.05) is 6.54 Å². The molecule has 0 unspecified atom stereocenters. The van der Waals surface area contributed by atoms with Gasteiger partial charge in [-0.1, -0.05) is 0 Å². The molecular weight excluding hydrogens is 534 g/mol. The number of ketones is 1. The van der Waals surface area contributed by atoms with Gasteiger partial charge in [0, 0.05) is 41.7 Å². The van der Waals surface area contributed by atoms with Crippen LogP contribution < -0.4 is 10.9 Å². The molecule has 4 aromatic heterocycles. The van der Waals surface area contributed by atoms with E-state index >= 15 is 0 Å². The van der Waals surface area contributed by atoms with Crippen LogP contribution in [0, 0.1) is 17.5 Å². The molecule has 5 rings (SSSR count). The number of carbonyl (C=O) groups excluding carboxylic acids is 2. The SMILES string of the molecule is O=C(NCC(F)(F)F)c1cnc2nc(Cn3ccc4c(C(=O)c5c(F)cc(F)cc5F)c[nH]c4c3=O)[nH]c2c1. The topological polar surface area (TPSA) is 126 Å². The number of nitrogens with one attached hydrogen (secondary N) is 3. The lowest BCUT2D eigenvalue weighted by Crippen LogP contribution is -2.33. The van der Waals surface area contributed by atoms with Gasteiger partial charge in [-0.3, -0.25) is 14.4 Å². The van der Waals surface area contributed by atoms with Crippen LogP contribution in [0.4, 0.5) is 26.3 Å². The molecule has 3 N–H and O–H groups in total. The summed E-state index contributed by atoms with van der Waals surface area (Å²) in [5.74, 6) is -5.83. The molecule has 0 fully saturated rings. The maximum atomic E-state index is 14.1. The minimum atomic E-state index is -4.58. The number of imidazole rings is 1. The van der Waals surface area contributed by atoms with Gasteiger partial charge in [0.05, 0.1) is 23.2 Å². The Hall–Kier alpha value is -4.95. The number of H-pyrrole nitrogens is 2. The minimum Gasteiger partial charge on any atom is -0.356 e. The molecule has 15 heteroatoms. The molecule has 1 amide bonds. The first-order valence-electron chi connectivity index (χ1n) is 11.0. The number of nitrogens with zero attached hydrogens (tertiary/aromatic N) is 3. The summed E-state index contributed by atoms with van der Waals surface area (Å²) in [6.45, 7) is -1.65. The largest absolute Gasteiger partial charge is 0.405 e. The van der Waals surface area contributed by atoms with Crippen molar-refractivity contribution >= 4 is 33.8 Å². The normalized spacial score (nSPS) is 11.8. The Bertz CT molecular complexity index is 1820. The number of pyridine rings is 2. The minimum absolute atomic E-state index is 0.0540. The summed E-state index contributed by atoms with van der Waals surface area (Å²) < 4.78 is 79.7. The van der Waals surface area contributed by atoms with Crippen LogP contribution in [0.2, 0.25) is 0 Å². The standard InChI is InChI=1S/C24H14F6N6O3/c25-11-4-14(26)18(15(27)5-11)20(37)13-7-31-19-12(13)1-2-36(23(19)39)8-17-34-16-3-10(6-32-21(16)35-17)22(38)33-9-24(28,29)30/h1-7,31H,8-9H2,(H,33,38)(H,32,34,35). The number of carbonyl (C=O) groups is 2. The van der Waals surface area contributed by atoms with E-state index in [1.807, 2.05) is 0 Å². The van der Waals surface area contributed by atoms with E-state index in [-0.39, 0.29) is 45.6 Å². The third-order valence-electron chi connectivity index (χ3n) is 5.71. The van der Waals surface area contributed by atoms with Crippen molar-refractivity contribution in [3.8, 4) is 0 Å². The molecule has 0 aliphatic carbocycles. The van der Waals surface area contributed by atoms with Crippen molar-refractivity contribution in [1.82, 2.24) is 29.8 Å². The third kappa shape index (κ3) is 4.97. The van der Waals surface area contributed by atoms with Crippen LogP contribution in [0.25, 0.3) is 22.1 Å². The second-order valence-corrected chi connectivity index (χ2v) is 8.39. The van der Waals surface area contributed by atoms with Gasteiger partial charge in [0.15, 0.2) is 5.65 Å². The summed E-state index contributed by atoms with van der Waals surface area (Å²) in [5, 5.41) is 1.81. The predicted molar refractivity (Wildman–Crippen MR) is 124 cm³/mol. The Kier molecular flexibility index (Phi) is 6.20. The molecule has 0 radical (unpaired) electrons. The van der Waals surface area contributed by atoms with E-state index in [4.69, 9.17) is 0 Å². The van der Waals surface area contributed by atoms with Gasteiger partial charge in [0.2, 0.25) is 5.78 Å². The van der Waals surface area contributed by atoms with E-state index in [1.54, 1.807) is 5.32 Å². The van der Waals surface area contributed by atoms with Gasteiger partial charge in [-0.25, -0.2) is 23.1 Å². The second kappa shape index (κ2) is 9.41. The highest BCUT2D eigenvalue weighted by molar-refractivity contribution is 6.16. The summed E-state index contributed by atoms with van der Waals surface area (Å²) in [7, 11) is 0. The van der Waals surface area contributed by atoms with Crippen molar-refractivity contribution in [2.45, 2.75) is 12.7 Å². The van der Waals surface area contributed by atoms with Crippen LogP contribution in [-0.4, -0.2) is 48.9 Å². The average molecular weight is 548 g/mol. The van der Waals surface area contributed by atoms with E-state index in [1.165, 1.54) is 22.9 Å². The maximum Gasteiger partial charge on any atom is 0.405 e. The highest BCUT2D eigenvalue weighted by atomic mass is 19.4. The second-order valence-electron chi connectivity index (χ2n) is 8.39. The summed E-state index contributed by atoms with van der Waals surface area (Å²) in [6, 6.07) is 3.37. The highest BCUT2D eigenvalue weighted by Crippen LogP contribution is 2.23. The van der Waals surface area contributed by atoms with Crippen molar-refractivity contribution in [1.29, 1.82) is 0 Å². The van der Waals surface area contributed by atoms with Crippen molar-refractivity contribution < 1.29 is 35.9 Å². The van der Waals surface area contributed by atoms with Crippen molar-refractivity contribution in [2.24, 2.45) is 0 Å². The number of halogens is 6. The monoisotopic (exact) mass is 548 g/mol. The lowest BCUT2D eigenvalue weighted by molar-refractivity contribution is -0.123. The Morgan fingerprint density at radius 3 is 2.49 bits per heavy atom. The summed E-state index contributed by atoms with van der Waals surface area (Å²) in [4.78, 5) is 51.4. The number of aromatic amines is 2. The number of aromatic nitrogens is 5. The number of alkyl halides is 3. The summed E-state index contributed by atoms with van der Waals surface area (Å²) >= 11 is 0. The molecule has 4 heterocycles. The zero-order chi connectivity index (χ0) is 28.1. The lowest BCUT2D eigenvalue weighted by atomic mass is 10.0. The quantitative estimate of drug-likeness (QED) is 0.221. The Morgan fingerprint density at radius 2 is 1.79 bits per heavy atom. The number of rotatable bonds is 6. The van der Waals surface area contributed by atoms with Crippen LogP contribution in [0.5, 0.6) is 0 Å². The van der Waals surface area contributed by atoms with E-state index in [2.05, 4.69) is 19.9 Å². The fourth-order valence-electron chi connectivity index (χ4n) is 3.96. The van der Waals surface area contributed by atoms with Crippen molar-refractivity contribution in [3.05, 3.63) is 93.2 Å². The number of hydrogen-bond acceptors (Lipinski definition) is 5. The Morgan fingerprint density at radius 1 is 1.08 bits per heavy atom. The highest BCUT2D eigenvalue weighted by Gasteiger charge is 2.28. The molecule has 200 valence electrons. The number of hydrogen-bond donors (Lipinski definition) is 3. The van der Waals surface area contributed by atoms with Gasteiger partial charge in [-0.05, 0) is 12.1 Å². The molecule has 0 bridgehead atoms. The molecule has 5 aromatic rings. The first-order valence-corrected chi connectivity index (χ1v) is 11.0. The molecule has 0 aliphatic heterocycles.